The quantitative estimate of drug-likeness (QED) is 0.134. The van der Waals surface area contributed by atoms with Gasteiger partial charge in [0.1, 0.15) is 23.9 Å². The third-order valence-corrected chi connectivity index (χ3v) is 6.70. The van der Waals surface area contributed by atoms with Gasteiger partial charge in [-0.25, -0.2) is 4.79 Å². The predicted octanol–water partition coefficient (Wildman–Crippen LogP) is 0.656. The molecule has 2 aromatic carbocycles. The maximum atomic E-state index is 13.4. The molecule has 9 N–H and O–H groups in total. The number of amides is 3. The van der Waals surface area contributed by atoms with Crippen molar-refractivity contribution in [1.82, 2.24) is 20.9 Å². The molecule has 1 aromatic heterocycles. The SMILES string of the molecule is CC(C)C(NC(=O)C(N)Cc1c[nH]c2ccccc12)C(=O)NC(Cc1ccc(O)cc1)C(=O)NC(CC(=O)O)C(=O)O. The number of carboxylic acid groups (broad SMARTS) is 2. The van der Waals surface area contributed by atoms with Crippen LogP contribution in [-0.2, 0) is 36.8 Å². The van der Waals surface area contributed by atoms with Crippen molar-refractivity contribution >= 4 is 40.6 Å². The molecule has 13 heteroatoms. The number of nitrogens with one attached hydrogen (secondary N) is 4. The maximum Gasteiger partial charge on any atom is 0.326 e. The topological polar surface area (TPSA) is 224 Å². The van der Waals surface area contributed by atoms with E-state index in [9.17, 15) is 34.2 Å². The van der Waals surface area contributed by atoms with Gasteiger partial charge >= 0.3 is 11.9 Å². The van der Waals surface area contributed by atoms with E-state index >= 15 is 0 Å². The highest BCUT2D eigenvalue weighted by atomic mass is 16.4. The van der Waals surface area contributed by atoms with Gasteiger partial charge in [-0.05, 0) is 41.7 Å². The Labute approximate surface area is 241 Å². The molecule has 4 unspecified atom stereocenters. The number of aromatic nitrogens is 1. The van der Waals surface area contributed by atoms with Crippen LogP contribution in [0.5, 0.6) is 5.75 Å². The number of aromatic amines is 1. The normalized spacial score (nSPS) is 14.0. The van der Waals surface area contributed by atoms with E-state index < -0.39 is 66.2 Å². The van der Waals surface area contributed by atoms with Crippen molar-refractivity contribution in [2.24, 2.45) is 11.7 Å². The fraction of sp³-hybridized carbons (Fsp3) is 0.345. The van der Waals surface area contributed by atoms with E-state index in [0.29, 0.717) is 5.56 Å². The number of carbonyl (C=O) groups excluding carboxylic acids is 3. The van der Waals surface area contributed by atoms with Gasteiger partial charge < -0.3 is 42.0 Å². The van der Waals surface area contributed by atoms with Crippen LogP contribution in [0, 0.1) is 5.92 Å². The van der Waals surface area contributed by atoms with E-state index in [1.54, 1.807) is 20.0 Å². The smallest absolute Gasteiger partial charge is 0.326 e. The summed E-state index contributed by atoms with van der Waals surface area (Å²) in [6.45, 7) is 3.39. The van der Waals surface area contributed by atoms with E-state index in [1.807, 2.05) is 24.3 Å². The number of carboxylic acids is 2. The molecular weight excluding hydrogens is 546 g/mol. The molecule has 0 fully saturated rings. The van der Waals surface area contributed by atoms with Crippen LogP contribution >= 0.6 is 0 Å². The number of aliphatic carboxylic acids is 2. The van der Waals surface area contributed by atoms with Gasteiger partial charge in [0.05, 0.1) is 12.5 Å². The number of fused-ring (bicyclic) bond motifs is 1. The van der Waals surface area contributed by atoms with Crippen molar-refractivity contribution in [2.45, 2.75) is 57.3 Å². The summed E-state index contributed by atoms with van der Waals surface area (Å²) < 4.78 is 0. The van der Waals surface area contributed by atoms with E-state index in [4.69, 9.17) is 10.8 Å². The van der Waals surface area contributed by atoms with Gasteiger partial charge in [-0.15, -0.1) is 0 Å². The van der Waals surface area contributed by atoms with Crippen LogP contribution in [0.25, 0.3) is 10.9 Å². The van der Waals surface area contributed by atoms with Crippen molar-refractivity contribution in [3.63, 3.8) is 0 Å². The number of benzene rings is 2. The second kappa shape index (κ2) is 14.1. The monoisotopic (exact) mass is 581 g/mol. The number of phenols is 1. The van der Waals surface area contributed by atoms with E-state index in [2.05, 4.69) is 20.9 Å². The zero-order chi connectivity index (χ0) is 31.0. The second-order valence-electron chi connectivity index (χ2n) is 10.3. The Morgan fingerprint density at radius 1 is 0.833 bits per heavy atom. The highest BCUT2D eigenvalue weighted by Crippen LogP contribution is 2.19. The lowest BCUT2D eigenvalue weighted by atomic mass is 9.99. The third kappa shape index (κ3) is 8.54. The summed E-state index contributed by atoms with van der Waals surface area (Å²) in [6, 6.07) is 8.17. The number of nitrogens with two attached hydrogens (primary N) is 1. The molecule has 0 saturated carbocycles. The number of H-pyrrole nitrogens is 1. The number of hydrogen-bond acceptors (Lipinski definition) is 7. The highest BCUT2D eigenvalue weighted by molar-refractivity contribution is 5.95. The average molecular weight is 582 g/mol. The lowest BCUT2D eigenvalue weighted by molar-refractivity contribution is -0.147. The van der Waals surface area contributed by atoms with Crippen molar-refractivity contribution < 1.29 is 39.3 Å². The summed E-state index contributed by atoms with van der Waals surface area (Å²) in [6.07, 6.45) is 0.982. The van der Waals surface area contributed by atoms with Crippen LogP contribution in [0.15, 0.2) is 54.7 Å². The number of aromatic hydroxyl groups is 1. The Hall–Kier alpha value is -4.91. The minimum absolute atomic E-state index is 0.0252. The first-order chi connectivity index (χ1) is 19.8. The Balaban J connectivity index is 1.75. The van der Waals surface area contributed by atoms with Crippen molar-refractivity contribution in [3.05, 3.63) is 65.9 Å². The Morgan fingerprint density at radius 3 is 2.10 bits per heavy atom. The molecule has 42 heavy (non-hydrogen) atoms. The van der Waals surface area contributed by atoms with Gasteiger partial charge in [-0.3, -0.25) is 19.2 Å². The molecule has 0 aliphatic heterocycles. The van der Waals surface area contributed by atoms with Gasteiger partial charge in [0.15, 0.2) is 0 Å². The summed E-state index contributed by atoms with van der Waals surface area (Å²) in [4.78, 5) is 65.3. The van der Waals surface area contributed by atoms with Crippen LogP contribution in [0.4, 0.5) is 0 Å². The van der Waals surface area contributed by atoms with Gasteiger partial charge in [-0.2, -0.15) is 0 Å². The summed E-state index contributed by atoms with van der Waals surface area (Å²) >= 11 is 0. The first-order valence-electron chi connectivity index (χ1n) is 13.3. The molecule has 0 radical (unpaired) electrons. The Morgan fingerprint density at radius 2 is 1.48 bits per heavy atom. The number of rotatable bonds is 14. The third-order valence-electron chi connectivity index (χ3n) is 6.70. The molecule has 0 aliphatic rings. The molecular formula is C29H35N5O8. The van der Waals surface area contributed by atoms with E-state index in [1.165, 1.54) is 24.3 Å². The molecule has 4 atom stereocenters. The fourth-order valence-electron chi connectivity index (χ4n) is 4.41. The van der Waals surface area contributed by atoms with Gasteiger partial charge in [0.2, 0.25) is 17.7 Å². The zero-order valence-corrected chi connectivity index (χ0v) is 23.2. The van der Waals surface area contributed by atoms with Crippen LogP contribution < -0.4 is 21.7 Å². The molecule has 224 valence electrons. The number of phenolic OH excluding ortho intramolecular Hbond substituents is 1. The fourth-order valence-corrected chi connectivity index (χ4v) is 4.41. The van der Waals surface area contributed by atoms with Crippen LogP contribution in [0.1, 0.15) is 31.4 Å². The number of para-hydroxylation sites is 1. The minimum Gasteiger partial charge on any atom is -0.508 e. The minimum atomic E-state index is -1.74. The van der Waals surface area contributed by atoms with Crippen molar-refractivity contribution in [2.75, 3.05) is 0 Å². The standard InChI is InChI=1S/C29H35N5O8/c1-15(2)25(34-26(38)20(30)12-17-14-31-21-6-4-3-5-19(17)21)28(40)32-22(11-16-7-9-18(35)10-8-16)27(39)33-23(29(41)42)13-24(36)37/h3-10,14-15,20,22-23,25,31,35H,11-13,30H2,1-2H3,(H,32,40)(H,33,39)(H,34,38)(H,36,37)(H,41,42). The summed E-state index contributed by atoms with van der Waals surface area (Å²) in [7, 11) is 0. The summed E-state index contributed by atoms with van der Waals surface area (Å²) in [5, 5.41) is 36.3. The molecule has 3 aromatic rings. The first kappa shape index (κ1) is 31.6. The lowest BCUT2D eigenvalue weighted by Crippen LogP contribution is -2.59. The zero-order valence-electron chi connectivity index (χ0n) is 23.2. The predicted molar refractivity (Wildman–Crippen MR) is 152 cm³/mol. The number of carbonyl (C=O) groups is 5. The average Bonchev–Trinajstić information content (AvgIpc) is 3.33. The summed E-state index contributed by atoms with van der Waals surface area (Å²) in [5.41, 5.74) is 8.43. The molecule has 0 aliphatic carbocycles. The molecule has 0 bridgehead atoms. The maximum absolute atomic E-state index is 13.4. The number of hydrogen-bond donors (Lipinski definition) is 8. The highest BCUT2D eigenvalue weighted by Gasteiger charge is 2.32. The second-order valence-corrected chi connectivity index (χ2v) is 10.3. The van der Waals surface area contributed by atoms with Crippen LogP contribution in [-0.4, -0.2) is 74.1 Å². The van der Waals surface area contributed by atoms with Crippen LogP contribution in [0.3, 0.4) is 0 Å². The first-order valence-corrected chi connectivity index (χ1v) is 13.3. The van der Waals surface area contributed by atoms with Crippen molar-refractivity contribution in [3.8, 4) is 5.75 Å². The molecule has 0 saturated heterocycles. The molecule has 0 spiro atoms. The molecule has 3 amide bonds. The molecule has 1 heterocycles. The van der Waals surface area contributed by atoms with Crippen LogP contribution in [0.2, 0.25) is 0 Å². The van der Waals surface area contributed by atoms with Gasteiger partial charge in [0, 0.05) is 23.5 Å². The Kier molecular flexibility index (Phi) is 10.6. The van der Waals surface area contributed by atoms with E-state index in [0.717, 1.165) is 16.5 Å². The largest absolute Gasteiger partial charge is 0.508 e. The van der Waals surface area contributed by atoms with Gasteiger partial charge in [-0.1, -0.05) is 44.2 Å². The van der Waals surface area contributed by atoms with Gasteiger partial charge in [0.25, 0.3) is 0 Å². The lowest BCUT2D eigenvalue weighted by Gasteiger charge is -2.27. The van der Waals surface area contributed by atoms with E-state index in [-0.39, 0.29) is 18.6 Å². The summed E-state index contributed by atoms with van der Waals surface area (Å²) in [5.74, 6) is -5.68. The molecule has 13 nitrogen and oxygen atoms in total. The molecule has 3 rings (SSSR count). The van der Waals surface area contributed by atoms with Crippen molar-refractivity contribution in [1.29, 1.82) is 0 Å². The Bertz CT molecular complexity index is 1440.